The predicted octanol–water partition coefficient (Wildman–Crippen LogP) is 9.30. The van der Waals surface area contributed by atoms with Gasteiger partial charge in [0.25, 0.3) is 0 Å². The van der Waals surface area contributed by atoms with E-state index in [2.05, 4.69) is 40.1 Å². The molecule has 0 saturated heterocycles. The molecule has 49 heavy (non-hydrogen) atoms. The van der Waals surface area contributed by atoms with Gasteiger partial charge in [0.15, 0.2) is 0 Å². The fraction of sp³-hybridized carbons (Fsp3) is 0.262. The zero-order valence-corrected chi connectivity index (χ0v) is 27.3. The number of carbonyl (C=O) groups excluding carboxylic acids is 2. The largest absolute Gasteiger partial charge is 0.496 e. The van der Waals surface area contributed by atoms with Crippen molar-refractivity contribution in [1.29, 1.82) is 0 Å². The molecule has 0 heterocycles. The van der Waals surface area contributed by atoms with E-state index >= 15 is 0 Å². The summed E-state index contributed by atoms with van der Waals surface area (Å²) in [4.78, 5) is 43.2. The Labute approximate surface area is 285 Å². The van der Waals surface area contributed by atoms with Crippen molar-refractivity contribution in [2.24, 2.45) is 17.8 Å². The lowest BCUT2D eigenvalue weighted by atomic mass is 9.48. The zero-order chi connectivity index (χ0) is 34.0. The molecule has 1 N–H and O–H groups in total. The second-order valence-corrected chi connectivity index (χ2v) is 13.7. The number of carboxylic acid groups (broad SMARTS) is 1. The van der Waals surface area contributed by atoms with E-state index < -0.39 is 17.9 Å². The van der Waals surface area contributed by atoms with Crippen LogP contribution < -0.4 is 4.74 Å². The van der Waals surface area contributed by atoms with E-state index in [1.165, 1.54) is 55.2 Å². The van der Waals surface area contributed by atoms with Gasteiger partial charge < -0.3 is 9.84 Å². The summed E-state index contributed by atoms with van der Waals surface area (Å²) in [7, 11) is 1.80. The van der Waals surface area contributed by atoms with Crippen LogP contribution in [0.25, 0.3) is 21.9 Å². The molecule has 9 rings (SSSR count). The Morgan fingerprint density at radius 1 is 0.592 bits per heavy atom. The number of aromatic carboxylic acids is 1. The summed E-state index contributed by atoms with van der Waals surface area (Å²) in [5, 5.41) is 11.3. The summed E-state index contributed by atoms with van der Waals surface area (Å²) in [6, 6.07) is 34.9. The monoisotopic (exact) mass is 654 g/mol. The Bertz CT molecular complexity index is 1910. The highest BCUT2D eigenvalue weighted by Crippen LogP contribution is 2.62. The maximum absolute atomic E-state index is 11.5. The summed E-state index contributed by atoms with van der Waals surface area (Å²) in [5.41, 5.74) is 5.04. The van der Waals surface area contributed by atoms with Gasteiger partial charge in [0.05, 0.1) is 23.8 Å². The lowest BCUT2D eigenvalue weighted by Crippen LogP contribution is -2.48. The van der Waals surface area contributed by atoms with Gasteiger partial charge >= 0.3 is 17.9 Å². The second kappa shape index (κ2) is 13.6. The smallest absolute Gasteiger partial charge is 0.386 e. The highest BCUT2D eigenvalue weighted by atomic mass is 17.2. The summed E-state index contributed by atoms with van der Waals surface area (Å²) in [6.45, 7) is 0. The molecule has 4 aliphatic rings. The van der Waals surface area contributed by atoms with E-state index in [1.807, 2.05) is 12.1 Å². The fourth-order valence-corrected chi connectivity index (χ4v) is 8.62. The van der Waals surface area contributed by atoms with Gasteiger partial charge in [-0.1, -0.05) is 60.7 Å². The molecule has 5 aromatic carbocycles. The topological polar surface area (TPSA) is 99.1 Å². The highest BCUT2D eigenvalue weighted by molar-refractivity contribution is 5.96. The Balaban J connectivity index is 0.000000180. The van der Waals surface area contributed by atoms with Crippen LogP contribution >= 0.6 is 0 Å². The molecule has 0 aliphatic heterocycles. The third-order valence-electron chi connectivity index (χ3n) is 10.4. The number of benzene rings is 5. The maximum Gasteiger partial charge on any atom is 0.386 e. The van der Waals surface area contributed by atoms with Gasteiger partial charge in [0.1, 0.15) is 5.75 Å². The van der Waals surface area contributed by atoms with Crippen LogP contribution in [0.2, 0.25) is 0 Å². The van der Waals surface area contributed by atoms with Crippen LogP contribution in [0.4, 0.5) is 0 Å². The number of hydrogen-bond donors (Lipinski definition) is 1. The first-order chi connectivity index (χ1) is 23.8. The predicted molar refractivity (Wildman–Crippen MR) is 186 cm³/mol. The molecule has 4 aliphatic carbocycles. The van der Waals surface area contributed by atoms with Gasteiger partial charge in [-0.3, -0.25) is 0 Å². The standard InChI is InChI=1S/C28H28O3.C14H10O4/c1-31-26-7-6-23(21-2-3-22-12-24(27(29)30)5-4-20(22)11-21)13-25(26)28-14-17-8-18(15-28)10-19(9-17)16-28;15-13(11-7-3-1-4-8-11)17-18-14(16)12-9-5-2-6-10-12/h2-7,11-13,17-19H,8-10,14-16H2,1H3,(H,29,30);1-10H. The number of carboxylic acids is 1. The quantitative estimate of drug-likeness (QED) is 0.144. The molecule has 0 unspecified atom stereocenters. The van der Waals surface area contributed by atoms with E-state index in [9.17, 15) is 19.5 Å². The molecule has 0 atom stereocenters. The molecule has 0 radical (unpaired) electrons. The molecule has 5 aromatic rings. The minimum Gasteiger partial charge on any atom is -0.496 e. The van der Waals surface area contributed by atoms with Crippen molar-refractivity contribution >= 4 is 28.7 Å². The minimum atomic E-state index is -0.888. The molecular formula is C42H38O7. The Morgan fingerprint density at radius 3 is 1.61 bits per heavy atom. The summed E-state index contributed by atoms with van der Waals surface area (Å²) in [5.74, 6) is 1.41. The van der Waals surface area contributed by atoms with Crippen molar-refractivity contribution in [3.05, 3.63) is 138 Å². The van der Waals surface area contributed by atoms with Crippen molar-refractivity contribution in [1.82, 2.24) is 0 Å². The maximum atomic E-state index is 11.5. The van der Waals surface area contributed by atoms with Crippen molar-refractivity contribution in [2.75, 3.05) is 7.11 Å². The number of rotatable bonds is 6. The van der Waals surface area contributed by atoms with Crippen LogP contribution in [0.15, 0.2) is 115 Å². The van der Waals surface area contributed by atoms with Gasteiger partial charge in [-0.2, -0.15) is 0 Å². The van der Waals surface area contributed by atoms with Crippen LogP contribution in [0, 0.1) is 17.8 Å². The average Bonchev–Trinajstić information content (AvgIpc) is 3.13. The van der Waals surface area contributed by atoms with E-state index in [-0.39, 0.29) is 5.41 Å². The average molecular weight is 655 g/mol. The molecular weight excluding hydrogens is 616 g/mol. The van der Waals surface area contributed by atoms with Crippen LogP contribution in [-0.2, 0) is 15.2 Å². The van der Waals surface area contributed by atoms with Crippen LogP contribution in [-0.4, -0.2) is 30.1 Å². The minimum absolute atomic E-state index is 0.281. The zero-order valence-electron chi connectivity index (χ0n) is 27.3. The van der Waals surface area contributed by atoms with Gasteiger partial charge in [-0.05, 0) is 138 Å². The van der Waals surface area contributed by atoms with Crippen molar-refractivity contribution in [3.8, 4) is 16.9 Å². The van der Waals surface area contributed by atoms with Crippen molar-refractivity contribution < 1.29 is 34.0 Å². The molecule has 248 valence electrons. The molecule has 0 spiro atoms. The van der Waals surface area contributed by atoms with Gasteiger partial charge in [-0.15, -0.1) is 0 Å². The summed E-state index contributed by atoms with van der Waals surface area (Å²) < 4.78 is 5.88. The first-order valence-corrected chi connectivity index (χ1v) is 16.8. The lowest BCUT2D eigenvalue weighted by Gasteiger charge is -2.57. The number of ether oxygens (including phenoxy) is 1. The van der Waals surface area contributed by atoms with E-state index in [0.29, 0.717) is 16.7 Å². The first kappa shape index (κ1) is 32.1. The van der Waals surface area contributed by atoms with Crippen LogP contribution in [0.5, 0.6) is 5.75 Å². The molecule has 0 aromatic heterocycles. The van der Waals surface area contributed by atoms with Gasteiger partial charge in [0.2, 0.25) is 0 Å². The SMILES string of the molecule is COc1ccc(-c2ccc3cc(C(=O)O)ccc3c2)cc1C12CC3CC(CC(C3)C1)C2.O=C(OOC(=O)c1ccccc1)c1ccccc1. The lowest BCUT2D eigenvalue weighted by molar-refractivity contribution is -0.187. The third-order valence-corrected chi connectivity index (χ3v) is 10.4. The van der Waals surface area contributed by atoms with E-state index in [4.69, 9.17) is 4.74 Å². The van der Waals surface area contributed by atoms with E-state index in [0.717, 1.165) is 34.3 Å². The third kappa shape index (κ3) is 6.79. The first-order valence-electron chi connectivity index (χ1n) is 16.8. The molecule has 4 fully saturated rings. The van der Waals surface area contributed by atoms with Gasteiger partial charge in [0, 0.05) is 5.56 Å². The molecule has 7 nitrogen and oxygen atoms in total. The fourth-order valence-electron chi connectivity index (χ4n) is 8.62. The van der Waals surface area contributed by atoms with Gasteiger partial charge in [-0.25, -0.2) is 24.2 Å². The van der Waals surface area contributed by atoms with Crippen LogP contribution in [0.3, 0.4) is 0 Å². The van der Waals surface area contributed by atoms with E-state index in [1.54, 1.807) is 79.9 Å². The molecule has 4 saturated carbocycles. The number of fused-ring (bicyclic) bond motifs is 1. The second-order valence-electron chi connectivity index (χ2n) is 13.7. The van der Waals surface area contributed by atoms with Crippen molar-refractivity contribution in [3.63, 3.8) is 0 Å². The molecule has 0 amide bonds. The Hall–Kier alpha value is -5.43. The molecule has 7 heteroatoms. The summed E-state index contributed by atoms with van der Waals surface area (Å²) in [6.07, 6.45) is 8.25. The van der Waals surface area contributed by atoms with Crippen LogP contribution in [0.1, 0.15) is 75.2 Å². The number of methoxy groups -OCH3 is 1. The van der Waals surface area contributed by atoms with Crippen molar-refractivity contribution in [2.45, 2.75) is 43.9 Å². The normalized spacial score (nSPS) is 21.7. The Morgan fingerprint density at radius 2 is 1.08 bits per heavy atom. The molecule has 4 bridgehead atoms. The number of carbonyl (C=O) groups is 3. The summed E-state index contributed by atoms with van der Waals surface area (Å²) >= 11 is 0. The highest BCUT2D eigenvalue weighted by Gasteiger charge is 2.52. The number of hydrogen-bond acceptors (Lipinski definition) is 6. The Kier molecular flexibility index (Phi) is 8.91.